The molecule has 1 heterocycles. The van der Waals surface area contributed by atoms with Crippen LogP contribution in [-0.2, 0) is 0 Å². The fraction of sp³-hybridized carbons (Fsp3) is 0.400. The molecule has 43 valence electrons. The fourth-order valence-electron chi connectivity index (χ4n) is 0.445. The Hall–Kier alpha value is -0.860. The Morgan fingerprint density at radius 2 is 2.75 bits per heavy atom. The van der Waals surface area contributed by atoms with E-state index in [0.29, 0.717) is 5.89 Å². The van der Waals surface area contributed by atoms with Gasteiger partial charge in [0.1, 0.15) is 0 Å². The van der Waals surface area contributed by atoms with Crippen molar-refractivity contribution in [2.45, 2.75) is 13.3 Å². The third-order valence-electron chi connectivity index (χ3n) is 0.756. The Bertz CT molecular complexity index is 136. The Balaban J connectivity index is 2.50. The average molecular weight is 111 g/mol. The van der Waals surface area contributed by atoms with Gasteiger partial charge in [-0.05, 0) is 6.42 Å². The van der Waals surface area contributed by atoms with Crippen LogP contribution in [0.25, 0.3) is 0 Å². The van der Waals surface area contributed by atoms with Crippen LogP contribution in [0.15, 0.2) is 10.8 Å². The quantitative estimate of drug-likeness (QED) is 0.572. The van der Waals surface area contributed by atoms with Crippen molar-refractivity contribution in [3.05, 3.63) is 18.7 Å². The van der Waals surface area contributed by atoms with Crippen molar-refractivity contribution < 1.29 is 4.42 Å². The third kappa shape index (κ3) is 1.05. The van der Waals surface area contributed by atoms with Gasteiger partial charge >= 0.3 is 0 Å². The highest BCUT2D eigenvalue weighted by molar-refractivity contribution is 4.90. The van der Waals surface area contributed by atoms with Crippen LogP contribution >= 0.6 is 0 Å². The average Bonchev–Trinajstić information content (AvgIpc) is 2.19. The molecule has 1 aromatic heterocycles. The van der Waals surface area contributed by atoms with Gasteiger partial charge < -0.3 is 4.42 Å². The number of hydrogen-bond acceptors (Lipinski definition) is 3. The van der Waals surface area contributed by atoms with Crippen molar-refractivity contribution in [2.75, 3.05) is 0 Å². The van der Waals surface area contributed by atoms with E-state index in [2.05, 4.69) is 10.2 Å². The van der Waals surface area contributed by atoms with Crippen LogP contribution in [0, 0.1) is 6.42 Å². The predicted molar refractivity (Wildman–Crippen MR) is 28.0 cm³/mol. The normalized spacial score (nSPS) is 9.62. The summed E-state index contributed by atoms with van der Waals surface area (Å²) in [5.74, 6) is 0.604. The SMILES string of the molecule is CC[CH]c1nnco1. The molecular formula is C5H7N2O. The van der Waals surface area contributed by atoms with Gasteiger partial charge in [-0.2, -0.15) is 0 Å². The van der Waals surface area contributed by atoms with Crippen LogP contribution in [0.2, 0.25) is 0 Å². The second-order valence-corrected chi connectivity index (χ2v) is 1.39. The lowest BCUT2D eigenvalue weighted by Gasteiger charge is -1.81. The van der Waals surface area contributed by atoms with E-state index in [4.69, 9.17) is 4.42 Å². The predicted octanol–water partition coefficient (Wildman–Crippen LogP) is 1.03. The molecule has 0 saturated heterocycles. The van der Waals surface area contributed by atoms with Crippen molar-refractivity contribution in [1.82, 2.24) is 10.2 Å². The minimum atomic E-state index is 0.604. The second-order valence-electron chi connectivity index (χ2n) is 1.39. The second kappa shape index (κ2) is 2.45. The Morgan fingerprint density at radius 1 is 1.88 bits per heavy atom. The van der Waals surface area contributed by atoms with Crippen LogP contribution in [-0.4, -0.2) is 10.2 Å². The first-order valence-electron chi connectivity index (χ1n) is 2.53. The van der Waals surface area contributed by atoms with Gasteiger partial charge in [-0.3, -0.25) is 0 Å². The van der Waals surface area contributed by atoms with E-state index < -0.39 is 0 Å². The molecule has 0 saturated carbocycles. The van der Waals surface area contributed by atoms with Gasteiger partial charge in [0.05, 0.1) is 0 Å². The standard InChI is InChI=1S/C5H7N2O/c1-2-3-5-7-6-4-8-5/h3-4H,2H2,1H3. The molecule has 1 radical (unpaired) electrons. The highest BCUT2D eigenvalue weighted by Gasteiger charge is 1.93. The van der Waals surface area contributed by atoms with E-state index in [1.165, 1.54) is 6.39 Å². The molecule has 0 fully saturated rings. The molecule has 1 rings (SSSR count). The molecule has 0 aliphatic heterocycles. The first kappa shape index (κ1) is 5.28. The molecule has 3 nitrogen and oxygen atoms in total. The zero-order valence-electron chi connectivity index (χ0n) is 4.66. The highest BCUT2D eigenvalue weighted by Crippen LogP contribution is 1.97. The molecule has 0 aliphatic carbocycles. The lowest BCUT2D eigenvalue weighted by Crippen LogP contribution is -1.77. The van der Waals surface area contributed by atoms with Gasteiger partial charge in [0.15, 0.2) is 0 Å². The monoisotopic (exact) mass is 111 g/mol. The first-order chi connectivity index (χ1) is 3.93. The molecule has 8 heavy (non-hydrogen) atoms. The maximum absolute atomic E-state index is 4.80. The summed E-state index contributed by atoms with van der Waals surface area (Å²) in [6.07, 6.45) is 4.12. The number of rotatable bonds is 2. The van der Waals surface area contributed by atoms with Gasteiger partial charge in [0.2, 0.25) is 12.3 Å². The molecule has 0 amide bonds. The smallest absolute Gasteiger partial charge is 0.220 e. The Kier molecular flexibility index (Phi) is 1.62. The van der Waals surface area contributed by atoms with Gasteiger partial charge in [0.25, 0.3) is 0 Å². The van der Waals surface area contributed by atoms with Gasteiger partial charge in [-0.15, -0.1) is 10.2 Å². The van der Waals surface area contributed by atoms with Crippen LogP contribution in [0.1, 0.15) is 19.2 Å². The summed E-state index contributed by atoms with van der Waals surface area (Å²) >= 11 is 0. The van der Waals surface area contributed by atoms with E-state index in [0.717, 1.165) is 6.42 Å². The zero-order chi connectivity index (χ0) is 5.82. The van der Waals surface area contributed by atoms with Crippen molar-refractivity contribution in [1.29, 1.82) is 0 Å². The molecule has 0 unspecified atom stereocenters. The van der Waals surface area contributed by atoms with Gasteiger partial charge in [-0.1, -0.05) is 6.92 Å². The highest BCUT2D eigenvalue weighted by atomic mass is 16.4. The lowest BCUT2D eigenvalue weighted by atomic mass is 10.3. The molecule has 0 aromatic carbocycles. The van der Waals surface area contributed by atoms with Crippen LogP contribution < -0.4 is 0 Å². The summed E-state index contributed by atoms with van der Waals surface area (Å²) < 4.78 is 4.80. The molecule has 3 heteroatoms. The van der Waals surface area contributed by atoms with E-state index in [1.807, 2.05) is 13.3 Å². The van der Waals surface area contributed by atoms with Crippen molar-refractivity contribution in [2.24, 2.45) is 0 Å². The topological polar surface area (TPSA) is 38.9 Å². The largest absolute Gasteiger partial charge is 0.428 e. The summed E-state index contributed by atoms with van der Waals surface area (Å²) in [5.41, 5.74) is 0. The van der Waals surface area contributed by atoms with Crippen molar-refractivity contribution in [3.63, 3.8) is 0 Å². The van der Waals surface area contributed by atoms with E-state index in [1.54, 1.807) is 0 Å². The van der Waals surface area contributed by atoms with E-state index in [-0.39, 0.29) is 0 Å². The number of hydrogen-bond donors (Lipinski definition) is 0. The maximum Gasteiger partial charge on any atom is 0.220 e. The molecule has 0 bridgehead atoms. The zero-order valence-corrected chi connectivity index (χ0v) is 4.66. The van der Waals surface area contributed by atoms with E-state index >= 15 is 0 Å². The Labute approximate surface area is 47.7 Å². The minimum absolute atomic E-state index is 0.604. The summed E-state index contributed by atoms with van der Waals surface area (Å²) in [6, 6.07) is 0. The van der Waals surface area contributed by atoms with Crippen molar-refractivity contribution >= 4 is 0 Å². The lowest BCUT2D eigenvalue weighted by molar-refractivity contribution is 0.521. The number of nitrogens with zero attached hydrogens (tertiary/aromatic N) is 2. The van der Waals surface area contributed by atoms with Crippen LogP contribution in [0.4, 0.5) is 0 Å². The fourth-order valence-corrected chi connectivity index (χ4v) is 0.445. The van der Waals surface area contributed by atoms with Gasteiger partial charge in [0, 0.05) is 6.42 Å². The molecule has 0 aliphatic rings. The Morgan fingerprint density at radius 3 is 3.25 bits per heavy atom. The van der Waals surface area contributed by atoms with Crippen LogP contribution in [0.3, 0.4) is 0 Å². The molecule has 0 atom stereocenters. The number of aromatic nitrogens is 2. The van der Waals surface area contributed by atoms with Gasteiger partial charge in [-0.25, -0.2) is 0 Å². The summed E-state index contributed by atoms with van der Waals surface area (Å²) in [7, 11) is 0. The molecule has 1 aromatic rings. The molecule has 0 spiro atoms. The summed E-state index contributed by atoms with van der Waals surface area (Å²) in [4.78, 5) is 0. The third-order valence-corrected chi connectivity index (χ3v) is 0.756. The minimum Gasteiger partial charge on any atom is -0.428 e. The summed E-state index contributed by atoms with van der Waals surface area (Å²) in [5, 5.41) is 7.13. The van der Waals surface area contributed by atoms with E-state index in [9.17, 15) is 0 Å². The maximum atomic E-state index is 4.80. The summed E-state index contributed by atoms with van der Waals surface area (Å²) in [6.45, 7) is 2.02. The first-order valence-corrected chi connectivity index (χ1v) is 2.53. The molecule has 0 N–H and O–H groups in total. The molecular weight excluding hydrogens is 104 g/mol. The van der Waals surface area contributed by atoms with Crippen molar-refractivity contribution in [3.8, 4) is 0 Å². The van der Waals surface area contributed by atoms with Crippen LogP contribution in [0.5, 0.6) is 0 Å².